The second-order valence-electron chi connectivity index (χ2n) is 7.33. The zero-order valence-corrected chi connectivity index (χ0v) is 15.3. The van der Waals surface area contributed by atoms with Gasteiger partial charge in [0, 0.05) is 11.0 Å². The van der Waals surface area contributed by atoms with Gasteiger partial charge in [-0.25, -0.2) is 0 Å². The topological polar surface area (TPSA) is 26.3 Å². The van der Waals surface area contributed by atoms with Crippen molar-refractivity contribution in [3.63, 3.8) is 0 Å². The van der Waals surface area contributed by atoms with Crippen molar-refractivity contribution in [2.24, 2.45) is 5.41 Å². The van der Waals surface area contributed by atoms with Crippen LogP contribution in [-0.2, 0) is 9.53 Å². The van der Waals surface area contributed by atoms with Gasteiger partial charge < -0.3 is 4.74 Å². The molecule has 0 N–H and O–H groups in total. The van der Waals surface area contributed by atoms with Crippen molar-refractivity contribution in [3.8, 4) is 0 Å². The number of hydrogen-bond donors (Lipinski definition) is 0. The van der Waals surface area contributed by atoms with Crippen LogP contribution in [0.3, 0.4) is 0 Å². The molecule has 2 rings (SSSR count). The summed E-state index contributed by atoms with van der Waals surface area (Å²) in [7, 11) is 0.118. The molecule has 2 aliphatic carbocycles. The quantitative estimate of drug-likeness (QED) is 0.433. The third-order valence-corrected chi connectivity index (χ3v) is 6.60. The maximum absolute atomic E-state index is 11.5. The Labute approximate surface area is 129 Å². The number of aldehydes is 1. The number of carbonyl (C=O) groups excluding carboxylic acids is 1. The van der Waals surface area contributed by atoms with Gasteiger partial charge in [0.15, 0.2) is 0 Å². The van der Waals surface area contributed by atoms with Crippen LogP contribution in [0.25, 0.3) is 0 Å². The Morgan fingerprint density at radius 1 is 1.38 bits per heavy atom. The van der Waals surface area contributed by atoms with E-state index in [4.69, 9.17) is 4.74 Å². The zero-order valence-electron chi connectivity index (χ0n) is 14.3. The lowest BCUT2D eigenvalue weighted by Gasteiger charge is -2.34. The van der Waals surface area contributed by atoms with E-state index in [1.165, 1.54) is 21.9 Å². The van der Waals surface area contributed by atoms with Crippen LogP contribution in [0.15, 0.2) is 45.4 Å². The fourth-order valence-electron chi connectivity index (χ4n) is 3.87. The van der Waals surface area contributed by atoms with Gasteiger partial charge in [-0.05, 0) is 42.2 Å². The number of allylic oxidation sites excluding steroid dienone is 7. The van der Waals surface area contributed by atoms with E-state index in [2.05, 4.69) is 45.6 Å². The SMILES string of the molecule is COC1=C([Si](C)(C)C)/C(=C(/C)C=O)C2(C)CC=CC(C)=C12. The molecule has 1 atom stereocenters. The Morgan fingerprint density at radius 2 is 2.00 bits per heavy atom. The van der Waals surface area contributed by atoms with Crippen LogP contribution in [0.4, 0.5) is 0 Å². The Balaban J connectivity index is 2.92. The zero-order chi connectivity index (χ0) is 16.0. The van der Waals surface area contributed by atoms with Crippen molar-refractivity contribution in [1.82, 2.24) is 0 Å². The van der Waals surface area contributed by atoms with E-state index in [0.717, 1.165) is 24.0 Å². The number of carbonyl (C=O) groups is 1. The second kappa shape index (κ2) is 5.13. The van der Waals surface area contributed by atoms with Crippen LogP contribution in [0.5, 0.6) is 0 Å². The summed E-state index contributed by atoms with van der Waals surface area (Å²) in [6.07, 6.45) is 6.33. The number of hydrogen-bond acceptors (Lipinski definition) is 2. The summed E-state index contributed by atoms with van der Waals surface area (Å²) in [6, 6.07) is 0. The van der Waals surface area contributed by atoms with Gasteiger partial charge in [0.25, 0.3) is 0 Å². The van der Waals surface area contributed by atoms with Crippen molar-refractivity contribution in [2.45, 2.75) is 46.8 Å². The van der Waals surface area contributed by atoms with E-state index in [0.29, 0.717) is 0 Å². The predicted octanol–water partition coefficient (Wildman–Crippen LogP) is 4.58. The van der Waals surface area contributed by atoms with E-state index in [-0.39, 0.29) is 5.41 Å². The molecule has 0 radical (unpaired) electrons. The van der Waals surface area contributed by atoms with Crippen molar-refractivity contribution in [2.75, 3.05) is 7.11 Å². The van der Waals surface area contributed by atoms with Crippen LogP contribution in [0, 0.1) is 5.41 Å². The Bertz CT molecular complexity index is 612. The summed E-state index contributed by atoms with van der Waals surface area (Å²) in [5, 5.41) is 1.31. The molecule has 2 nitrogen and oxygen atoms in total. The average molecular weight is 302 g/mol. The molecule has 0 saturated carbocycles. The van der Waals surface area contributed by atoms with Gasteiger partial charge in [0.1, 0.15) is 12.0 Å². The maximum atomic E-state index is 11.5. The molecule has 0 aromatic carbocycles. The molecule has 0 bridgehead atoms. The summed E-state index contributed by atoms with van der Waals surface area (Å²) in [5.74, 6) is 1.02. The number of fused-ring (bicyclic) bond motifs is 1. The fraction of sp³-hybridized carbons (Fsp3) is 0.500. The highest BCUT2D eigenvalue weighted by atomic mass is 28.3. The van der Waals surface area contributed by atoms with Gasteiger partial charge >= 0.3 is 0 Å². The maximum Gasteiger partial charge on any atom is 0.146 e. The summed E-state index contributed by atoms with van der Waals surface area (Å²) >= 11 is 0. The Hall–Kier alpha value is -1.35. The third-order valence-electron chi connectivity index (χ3n) is 4.62. The molecule has 0 aliphatic heterocycles. The number of methoxy groups -OCH3 is 1. The largest absolute Gasteiger partial charge is 0.497 e. The van der Waals surface area contributed by atoms with Gasteiger partial charge in [0.2, 0.25) is 0 Å². The molecule has 3 heteroatoms. The summed E-state index contributed by atoms with van der Waals surface area (Å²) in [4.78, 5) is 11.5. The molecule has 1 unspecified atom stereocenters. The number of ether oxygens (including phenoxy) is 1. The molecule has 0 spiro atoms. The van der Waals surface area contributed by atoms with Crippen LogP contribution in [-0.4, -0.2) is 21.5 Å². The molecule has 0 fully saturated rings. The van der Waals surface area contributed by atoms with E-state index < -0.39 is 8.07 Å². The first-order chi connectivity index (χ1) is 9.68. The van der Waals surface area contributed by atoms with Crippen LogP contribution in [0.2, 0.25) is 19.6 Å². The average Bonchev–Trinajstić information content (AvgIpc) is 2.67. The smallest absolute Gasteiger partial charge is 0.146 e. The molecule has 0 aromatic heterocycles. The molecule has 0 saturated heterocycles. The highest BCUT2D eigenvalue weighted by Gasteiger charge is 2.49. The lowest BCUT2D eigenvalue weighted by Crippen LogP contribution is -2.29. The first-order valence-corrected chi connectivity index (χ1v) is 11.0. The lowest BCUT2D eigenvalue weighted by molar-refractivity contribution is -0.104. The molecule has 0 amide bonds. The van der Waals surface area contributed by atoms with Gasteiger partial charge in [-0.2, -0.15) is 0 Å². The minimum Gasteiger partial charge on any atom is -0.497 e. The van der Waals surface area contributed by atoms with Crippen molar-refractivity contribution in [1.29, 1.82) is 0 Å². The highest BCUT2D eigenvalue weighted by molar-refractivity contribution is 6.84. The fourth-order valence-corrected chi connectivity index (χ4v) is 6.01. The molecule has 0 aromatic rings. The standard InChI is InChI=1S/C18H26O2Si/c1-12-9-8-10-18(3)14(12)16(20-4)17(21(5,6)7)15(18)13(2)11-19/h8-9,11H,10H2,1-7H3/b15-13+. The predicted molar refractivity (Wildman–Crippen MR) is 90.7 cm³/mol. The Kier molecular flexibility index (Phi) is 3.91. The van der Waals surface area contributed by atoms with Crippen LogP contribution < -0.4 is 0 Å². The lowest BCUT2D eigenvalue weighted by atomic mass is 9.71. The van der Waals surface area contributed by atoms with E-state index in [1.54, 1.807) is 7.11 Å². The first-order valence-electron chi connectivity index (χ1n) is 7.52. The highest BCUT2D eigenvalue weighted by Crippen LogP contribution is 2.58. The van der Waals surface area contributed by atoms with Crippen LogP contribution >= 0.6 is 0 Å². The van der Waals surface area contributed by atoms with Gasteiger partial charge in [-0.15, -0.1) is 0 Å². The van der Waals surface area contributed by atoms with Crippen molar-refractivity contribution >= 4 is 14.4 Å². The summed E-state index contributed by atoms with van der Waals surface area (Å²) < 4.78 is 5.85. The minimum atomic E-state index is -1.64. The second-order valence-corrected chi connectivity index (χ2v) is 12.3. The molecular formula is C18H26O2Si. The van der Waals surface area contributed by atoms with E-state index in [1.807, 2.05) is 6.92 Å². The van der Waals surface area contributed by atoms with E-state index in [9.17, 15) is 4.79 Å². The van der Waals surface area contributed by atoms with Gasteiger partial charge in [-0.1, -0.05) is 38.7 Å². The van der Waals surface area contributed by atoms with E-state index >= 15 is 0 Å². The summed E-state index contributed by atoms with van der Waals surface area (Å²) in [6.45, 7) is 13.3. The Morgan fingerprint density at radius 3 is 2.48 bits per heavy atom. The molecular weight excluding hydrogens is 276 g/mol. The van der Waals surface area contributed by atoms with Crippen molar-refractivity contribution in [3.05, 3.63) is 45.4 Å². The summed E-state index contributed by atoms with van der Waals surface area (Å²) in [5.41, 5.74) is 4.48. The molecule has 114 valence electrons. The van der Waals surface area contributed by atoms with Crippen LogP contribution in [0.1, 0.15) is 27.2 Å². The monoisotopic (exact) mass is 302 g/mol. The first kappa shape index (κ1) is 16.0. The molecule has 21 heavy (non-hydrogen) atoms. The third kappa shape index (κ3) is 2.28. The minimum absolute atomic E-state index is 0.120. The van der Waals surface area contributed by atoms with Gasteiger partial charge in [-0.3, -0.25) is 4.79 Å². The molecule has 0 heterocycles. The normalized spacial score (nSPS) is 28.0. The number of rotatable bonds is 3. The van der Waals surface area contributed by atoms with Gasteiger partial charge in [0.05, 0.1) is 15.2 Å². The molecule has 2 aliphatic rings. The van der Waals surface area contributed by atoms with Crippen molar-refractivity contribution < 1.29 is 9.53 Å².